The van der Waals surface area contributed by atoms with Gasteiger partial charge in [0.2, 0.25) is 10.3 Å². The molecule has 156 valence electrons. The fourth-order valence-electron chi connectivity index (χ4n) is 3.96. The quantitative estimate of drug-likeness (QED) is 0.683. The van der Waals surface area contributed by atoms with Gasteiger partial charge in [0, 0.05) is 19.1 Å². The molecule has 0 radical (unpaired) electrons. The molecule has 2 amide bonds. The number of nitrogens with one attached hydrogen (secondary N) is 2. The van der Waals surface area contributed by atoms with E-state index in [-0.39, 0.29) is 0 Å². The Kier molecular flexibility index (Phi) is 6.74. The van der Waals surface area contributed by atoms with Gasteiger partial charge < -0.3 is 15.1 Å². The van der Waals surface area contributed by atoms with Gasteiger partial charge in [0.05, 0.1) is 15.7 Å². The molecule has 0 atom stereocenters. The zero-order valence-electron chi connectivity index (χ0n) is 16.0. The van der Waals surface area contributed by atoms with Crippen LogP contribution in [0.2, 0.25) is 10.0 Å². The Morgan fingerprint density at radius 2 is 1.69 bits per heavy atom. The van der Waals surface area contributed by atoms with Crippen LogP contribution in [0.4, 0.5) is 20.7 Å². The molecule has 2 saturated heterocycles. The second kappa shape index (κ2) is 9.47. The lowest BCUT2D eigenvalue weighted by Crippen LogP contribution is -2.46. The van der Waals surface area contributed by atoms with Gasteiger partial charge in [-0.15, -0.1) is 10.2 Å². The standard InChI is InChI=1S/C19H24Cl2N6OS/c20-14-5-4-6-15(21)16(14)22-17(28)23-18-24-25-19(29-18)27-11-7-13(8-12-27)26-9-2-1-3-10-26/h4-6,13H,1-3,7-12H2,(H2,22,23,24,28). The number of amides is 2. The Balaban J connectivity index is 1.30. The second-order valence-corrected chi connectivity index (χ2v) is 9.15. The number of anilines is 3. The van der Waals surface area contributed by atoms with Gasteiger partial charge in [-0.2, -0.15) is 0 Å². The van der Waals surface area contributed by atoms with E-state index in [1.807, 2.05) is 0 Å². The predicted octanol–water partition coefficient (Wildman–Crippen LogP) is 4.94. The van der Waals surface area contributed by atoms with Gasteiger partial charge in [-0.25, -0.2) is 4.79 Å². The number of aromatic nitrogens is 2. The van der Waals surface area contributed by atoms with Crippen LogP contribution in [0, 0.1) is 0 Å². The monoisotopic (exact) mass is 454 g/mol. The highest BCUT2D eigenvalue weighted by Gasteiger charge is 2.27. The van der Waals surface area contributed by atoms with Gasteiger partial charge in [0.25, 0.3) is 0 Å². The first kappa shape index (κ1) is 20.7. The number of hydrogen-bond acceptors (Lipinski definition) is 6. The van der Waals surface area contributed by atoms with Crippen molar-refractivity contribution in [3.05, 3.63) is 28.2 Å². The number of carbonyl (C=O) groups is 1. The van der Waals surface area contributed by atoms with Gasteiger partial charge >= 0.3 is 6.03 Å². The summed E-state index contributed by atoms with van der Waals surface area (Å²) >= 11 is 13.6. The summed E-state index contributed by atoms with van der Waals surface area (Å²) in [6.45, 7) is 4.42. The Morgan fingerprint density at radius 1 is 1.00 bits per heavy atom. The fraction of sp³-hybridized carbons (Fsp3) is 0.526. The number of para-hydroxylation sites is 1. The van der Waals surface area contributed by atoms with Crippen LogP contribution in [0.5, 0.6) is 0 Å². The van der Waals surface area contributed by atoms with Crippen molar-refractivity contribution in [2.75, 3.05) is 41.7 Å². The predicted molar refractivity (Wildman–Crippen MR) is 120 cm³/mol. The largest absolute Gasteiger partial charge is 0.346 e. The van der Waals surface area contributed by atoms with Crippen molar-refractivity contribution in [3.63, 3.8) is 0 Å². The van der Waals surface area contributed by atoms with Crippen molar-refractivity contribution in [3.8, 4) is 0 Å². The number of likely N-dealkylation sites (tertiary alicyclic amines) is 1. The van der Waals surface area contributed by atoms with E-state index in [0.717, 1.165) is 31.1 Å². The number of carbonyl (C=O) groups excluding carboxylic acids is 1. The molecule has 7 nitrogen and oxygen atoms in total. The smallest absolute Gasteiger partial charge is 0.325 e. The van der Waals surface area contributed by atoms with Crippen LogP contribution < -0.4 is 15.5 Å². The second-order valence-electron chi connectivity index (χ2n) is 7.38. The first-order valence-electron chi connectivity index (χ1n) is 9.94. The molecule has 2 aliphatic rings. The van der Waals surface area contributed by atoms with Crippen LogP contribution in [0.15, 0.2) is 18.2 Å². The van der Waals surface area contributed by atoms with Crippen LogP contribution in [0.25, 0.3) is 0 Å². The molecular weight excluding hydrogens is 431 g/mol. The first-order valence-corrected chi connectivity index (χ1v) is 11.5. The molecule has 10 heteroatoms. The van der Waals surface area contributed by atoms with Gasteiger partial charge in [-0.05, 0) is 50.9 Å². The highest BCUT2D eigenvalue weighted by molar-refractivity contribution is 7.19. The van der Waals surface area contributed by atoms with Crippen molar-refractivity contribution < 1.29 is 4.79 Å². The molecular formula is C19H24Cl2N6OS. The number of urea groups is 1. The minimum atomic E-state index is -0.452. The summed E-state index contributed by atoms with van der Waals surface area (Å²) in [6, 6.07) is 5.29. The molecule has 0 spiro atoms. The Hall–Kier alpha value is -1.61. The van der Waals surface area contributed by atoms with E-state index in [4.69, 9.17) is 23.2 Å². The molecule has 3 heterocycles. The van der Waals surface area contributed by atoms with Crippen molar-refractivity contribution in [1.29, 1.82) is 0 Å². The third-order valence-electron chi connectivity index (χ3n) is 5.48. The van der Waals surface area contributed by atoms with Crippen LogP contribution in [-0.4, -0.2) is 53.3 Å². The minimum absolute atomic E-state index is 0.373. The Morgan fingerprint density at radius 3 is 2.38 bits per heavy atom. The number of halogens is 2. The highest BCUT2D eigenvalue weighted by Crippen LogP contribution is 2.31. The molecule has 4 rings (SSSR count). The first-order chi connectivity index (χ1) is 14.1. The fourth-order valence-corrected chi connectivity index (χ4v) is 5.24. The lowest BCUT2D eigenvalue weighted by Gasteiger charge is -2.40. The summed E-state index contributed by atoms with van der Waals surface area (Å²) in [5.74, 6) is 0. The van der Waals surface area contributed by atoms with Crippen molar-refractivity contribution in [2.45, 2.75) is 38.1 Å². The van der Waals surface area contributed by atoms with E-state index in [2.05, 4.69) is 30.6 Å². The number of hydrogen-bond donors (Lipinski definition) is 2. The van der Waals surface area contributed by atoms with E-state index >= 15 is 0 Å². The number of benzene rings is 1. The zero-order chi connectivity index (χ0) is 20.2. The summed E-state index contributed by atoms with van der Waals surface area (Å²) in [5.41, 5.74) is 0.373. The summed E-state index contributed by atoms with van der Waals surface area (Å²) in [6.07, 6.45) is 6.31. The molecule has 1 aromatic carbocycles. The van der Waals surface area contributed by atoms with E-state index in [1.54, 1.807) is 18.2 Å². The molecule has 2 aromatic rings. The average Bonchev–Trinajstić information content (AvgIpc) is 3.20. The molecule has 0 aliphatic carbocycles. The van der Waals surface area contributed by atoms with Gasteiger partial charge in [-0.3, -0.25) is 5.32 Å². The van der Waals surface area contributed by atoms with E-state index in [0.29, 0.717) is 26.9 Å². The molecule has 0 saturated carbocycles. The maximum atomic E-state index is 12.3. The lowest BCUT2D eigenvalue weighted by atomic mass is 10.0. The van der Waals surface area contributed by atoms with E-state index in [9.17, 15) is 4.79 Å². The van der Waals surface area contributed by atoms with Crippen LogP contribution in [0.1, 0.15) is 32.1 Å². The SMILES string of the molecule is O=C(Nc1nnc(N2CCC(N3CCCCC3)CC2)s1)Nc1c(Cl)cccc1Cl. The summed E-state index contributed by atoms with van der Waals surface area (Å²) in [5, 5.41) is 15.8. The summed E-state index contributed by atoms with van der Waals surface area (Å²) < 4.78 is 0. The Labute approximate surface area is 184 Å². The molecule has 0 bridgehead atoms. The third kappa shape index (κ3) is 5.12. The topological polar surface area (TPSA) is 73.4 Å². The van der Waals surface area contributed by atoms with Crippen molar-refractivity contribution in [2.24, 2.45) is 0 Å². The normalized spacial score (nSPS) is 18.6. The minimum Gasteiger partial charge on any atom is -0.346 e. The third-order valence-corrected chi connectivity index (χ3v) is 7.01. The summed E-state index contributed by atoms with van der Waals surface area (Å²) in [4.78, 5) is 17.2. The zero-order valence-corrected chi connectivity index (χ0v) is 18.4. The van der Waals surface area contributed by atoms with Crippen molar-refractivity contribution in [1.82, 2.24) is 15.1 Å². The van der Waals surface area contributed by atoms with Crippen LogP contribution in [-0.2, 0) is 0 Å². The lowest BCUT2D eigenvalue weighted by molar-refractivity contribution is 0.141. The number of piperidine rings is 2. The molecule has 0 unspecified atom stereocenters. The van der Waals surface area contributed by atoms with Crippen molar-refractivity contribution >= 4 is 56.5 Å². The average molecular weight is 455 g/mol. The molecule has 2 N–H and O–H groups in total. The van der Waals surface area contributed by atoms with E-state index < -0.39 is 6.03 Å². The van der Waals surface area contributed by atoms with Gasteiger partial charge in [0.15, 0.2) is 0 Å². The van der Waals surface area contributed by atoms with Gasteiger partial charge in [0.1, 0.15) is 0 Å². The summed E-state index contributed by atoms with van der Waals surface area (Å²) in [7, 11) is 0. The maximum Gasteiger partial charge on any atom is 0.325 e. The Bertz CT molecular complexity index is 829. The molecule has 1 aromatic heterocycles. The highest BCUT2D eigenvalue weighted by atomic mass is 35.5. The van der Waals surface area contributed by atoms with Gasteiger partial charge in [-0.1, -0.05) is 47.0 Å². The maximum absolute atomic E-state index is 12.3. The molecule has 29 heavy (non-hydrogen) atoms. The van der Waals surface area contributed by atoms with E-state index in [1.165, 1.54) is 43.7 Å². The number of rotatable bonds is 4. The number of nitrogens with zero attached hydrogens (tertiary/aromatic N) is 4. The molecule has 2 fully saturated rings. The van der Waals surface area contributed by atoms with Crippen LogP contribution >= 0.6 is 34.5 Å². The van der Waals surface area contributed by atoms with Crippen LogP contribution in [0.3, 0.4) is 0 Å². The molecule has 2 aliphatic heterocycles.